The molecule has 5 rings (SSSR count). The number of thiocarbonyl (C=S) groups is 1. The second-order valence-electron chi connectivity index (χ2n) is 7.37. The number of halogens is 1. The van der Waals surface area contributed by atoms with Crippen molar-refractivity contribution in [1.82, 2.24) is 15.5 Å². The van der Waals surface area contributed by atoms with Crippen LogP contribution in [-0.2, 0) is 0 Å². The molecule has 3 heterocycles. The van der Waals surface area contributed by atoms with Crippen molar-refractivity contribution in [2.45, 2.75) is 13.0 Å². The average Bonchev–Trinajstić information content (AvgIpc) is 3.51. The average molecular weight is 495 g/mol. The molecule has 0 bridgehead atoms. The predicted molar refractivity (Wildman–Crippen MR) is 136 cm³/mol. The van der Waals surface area contributed by atoms with E-state index in [0.29, 0.717) is 21.9 Å². The van der Waals surface area contributed by atoms with Crippen LogP contribution in [0.1, 0.15) is 24.4 Å². The van der Waals surface area contributed by atoms with E-state index in [1.54, 1.807) is 18.4 Å². The lowest BCUT2D eigenvalue weighted by molar-refractivity contribution is 0.403. The molecule has 1 N–H and O–H groups in total. The van der Waals surface area contributed by atoms with Gasteiger partial charge in [0, 0.05) is 16.4 Å². The van der Waals surface area contributed by atoms with E-state index in [4.69, 9.17) is 38.1 Å². The number of rotatable bonds is 5. The molecule has 0 saturated carbocycles. The fraction of sp³-hybridized carbons (Fsp3) is 0.125. The van der Waals surface area contributed by atoms with Crippen LogP contribution in [0, 0.1) is 0 Å². The summed E-state index contributed by atoms with van der Waals surface area (Å²) in [4.78, 5) is 7.59. The van der Waals surface area contributed by atoms with E-state index in [-0.39, 0.29) is 6.04 Å². The molecule has 33 heavy (non-hydrogen) atoms. The minimum absolute atomic E-state index is 0.306. The molecule has 0 aliphatic carbocycles. The molecule has 0 fully saturated rings. The zero-order valence-corrected chi connectivity index (χ0v) is 20.2. The summed E-state index contributed by atoms with van der Waals surface area (Å²) in [6.45, 7) is 1.99. The molecule has 1 unspecified atom stereocenters. The molecule has 0 spiro atoms. The van der Waals surface area contributed by atoms with Gasteiger partial charge in [-0.3, -0.25) is 4.90 Å². The molecule has 4 aromatic rings. The first kappa shape index (κ1) is 21.6. The van der Waals surface area contributed by atoms with Crippen molar-refractivity contribution >= 4 is 51.5 Å². The third kappa shape index (κ3) is 4.13. The molecule has 9 heteroatoms. The van der Waals surface area contributed by atoms with Crippen molar-refractivity contribution in [3.05, 3.63) is 88.2 Å². The molecule has 2 aromatic heterocycles. The number of aromatic nitrogens is 2. The summed E-state index contributed by atoms with van der Waals surface area (Å²) in [6.07, 6.45) is 0. The van der Waals surface area contributed by atoms with Gasteiger partial charge in [0.15, 0.2) is 5.11 Å². The zero-order valence-electron chi connectivity index (χ0n) is 17.8. The molecule has 0 saturated heterocycles. The number of hydrogen-bond acceptors (Lipinski definition) is 6. The molecule has 1 aliphatic rings. The largest absolute Gasteiger partial charge is 0.497 e. The van der Waals surface area contributed by atoms with Crippen LogP contribution in [0.2, 0.25) is 5.02 Å². The van der Waals surface area contributed by atoms with Crippen molar-refractivity contribution in [3.63, 3.8) is 0 Å². The Hall–Kier alpha value is -3.20. The summed E-state index contributed by atoms with van der Waals surface area (Å²) < 4.78 is 11.2. The highest BCUT2D eigenvalue weighted by Crippen LogP contribution is 2.40. The van der Waals surface area contributed by atoms with E-state index in [1.807, 2.05) is 77.9 Å². The third-order valence-corrected chi connectivity index (χ3v) is 6.78. The molecular weight excluding hydrogens is 476 g/mol. The summed E-state index contributed by atoms with van der Waals surface area (Å²) in [5.74, 6) is 1.72. The fourth-order valence-corrected chi connectivity index (χ4v) is 5.05. The lowest BCUT2D eigenvalue weighted by Crippen LogP contribution is -2.46. The summed E-state index contributed by atoms with van der Waals surface area (Å²) in [6, 6.07) is 19.0. The first-order chi connectivity index (χ1) is 16.0. The van der Waals surface area contributed by atoms with Gasteiger partial charge < -0.3 is 14.6 Å². The minimum atomic E-state index is -0.306. The van der Waals surface area contributed by atoms with Gasteiger partial charge in [-0.1, -0.05) is 41.0 Å². The summed E-state index contributed by atoms with van der Waals surface area (Å²) in [7, 11) is 1.65. The Morgan fingerprint density at radius 2 is 2.00 bits per heavy atom. The van der Waals surface area contributed by atoms with Gasteiger partial charge >= 0.3 is 0 Å². The molecule has 0 radical (unpaired) electrons. The Bertz CT molecular complexity index is 1350. The third-order valence-electron chi connectivity index (χ3n) is 5.38. The maximum atomic E-state index is 6.27. The minimum Gasteiger partial charge on any atom is -0.497 e. The zero-order chi connectivity index (χ0) is 22.9. The van der Waals surface area contributed by atoms with Crippen LogP contribution in [0.3, 0.4) is 0 Å². The second kappa shape index (κ2) is 8.97. The van der Waals surface area contributed by atoms with Crippen LogP contribution in [0.15, 0.2) is 76.3 Å². The van der Waals surface area contributed by atoms with E-state index >= 15 is 0 Å². The summed E-state index contributed by atoms with van der Waals surface area (Å²) in [5.41, 5.74) is 3.51. The molecule has 6 nitrogen and oxygen atoms in total. The molecule has 1 aliphatic heterocycles. The highest BCUT2D eigenvalue weighted by Gasteiger charge is 2.35. The Morgan fingerprint density at radius 3 is 2.76 bits per heavy atom. The van der Waals surface area contributed by atoms with Crippen LogP contribution >= 0.6 is 35.2 Å². The van der Waals surface area contributed by atoms with Crippen molar-refractivity contribution in [2.24, 2.45) is 0 Å². The van der Waals surface area contributed by atoms with Crippen LogP contribution in [0.5, 0.6) is 5.75 Å². The lowest BCUT2D eigenvalue weighted by atomic mass is 9.94. The van der Waals surface area contributed by atoms with Gasteiger partial charge in [-0.05, 0) is 66.5 Å². The quantitative estimate of drug-likeness (QED) is 0.325. The summed E-state index contributed by atoms with van der Waals surface area (Å²) >= 11 is 13.6. The van der Waals surface area contributed by atoms with E-state index in [0.717, 1.165) is 33.1 Å². The number of methoxy groups -OCH3 is 1. The molecular formula is C24H19ClN4O2S2. The highest BCUT2D eigenvalue weighted by atomic mass is 35.5. The molecule has 0 amide bonds. The van der Waals surface area contributed by atoms with Crippen LogP contribution in [0.25, 0.3) is 16.3 Å². The number of nitrogens with zero attached hydrogens (tertiary/aromatic N) is 3. The van der Waals surface area contributed by atoms with Gasteiger partial charge in [0.1, 0.15) is 5.75 Å². The number of anilines is 1. The Morgan fingerprint density at radius 1 is 1.15 bits per heavy atom. The summed E-state index contributed by atoms with van der Waals surface area (Å²) in [5, 5.41) is 10.8. The van der Waals surface area contributed by atoms with Gasteiger partial charge in [0.2, 0.25) is 5.82 Å². The fourth-order valence-electron chi connectivity index (χ4n) is 3.86. The van der Waals surface area contributed by atoms with Crippen molar-refractivity contribution in [3.8, 4) is 16.5 Å². The number of hydrogen-bond donors (Lipinski definition) is 1. The monoisotopic (exact) mass is 494 g/mol. The SMILES string of the molecule is COc1cccc(C2NC(=S)N(c3cccc(Cl)c3)C(C)=C2c2nc(-c3cccs3)no2)c1. The first-order valence-corrected chi connectivity index (χ1v) is 11.8. The van der Waals surface area contributed by atoms with Crippen LogP contribution in [-0.4, -0.2) is 22.4 Å². The molecule has 166 valence electrons. The van der Waals surface area contributed by atoms with Gasteiger partial charge in [-0.15, -0.1) is 11.3 Å². The van der Waals surface area contributed by atoms with Crippen molar-refractivity contribution < 1.29 is 9.26 Å². The molecule has 1 atom stereocenters. The number of thiophene rings is 1. The van der Waals surface area contributed by atoms with Gasteiger partial charge in [0.25, 0.3) is 5.89 Å². The van der Waals surface area contributed by atoms with E-state index in [9.17, 15) is 0 Å². The van der Waals surface area contributed by atoms with Crippen molar-refractivity contribution in [2.75, 3.05) is 12.0 Å². The Labute approximate surface area is 205 Å². The topological polar surface area (TPSA) is 63.4 Å². The van der Waals surface area contributed by atoms with Gasteiger partial charge in [-0.25, -0.2) is 0 Å². The van der Waals surface area contributed by atoms with Crippen molar-refractivity contribution in [1.29, 1.82) is 0 Å². The molecule has 2 aromatic carbocycles. The normalized spacial score (nSPS) is 16.2. The standard InChI is InChI=1S/C24H19ClN4O2S2/c1-14-20(23-27-22(28-31-23)19-10-5-11-33-19)21(15-6-3-9-18(12-15)30-2)26-24(32)29(14)17-8-4-7-16(25)13-17/h3-13,21H,1-2H3,(H,26,32). The maximum absolute atomic E-state index is 6.27. The Balaban J connectivity index is 1.67. The smallest absolute Gasteiger partial charge is 0.258 e. The van der Waals surface area contributed by atoms with E-state index < -0.39 is 0 Å². The van der Waals surface area contributed by atoms with E-state index in [1.165, 1.54) is 0 Å². The highest BCUT2D eigenvalue weighted by molar-refractivity contribution is 7.80. The first-order valence-electron chi connectivity index (χ1n) is 10.1. The number of benzene rings is 2. The predicted octanol–water partition coefficient (Wildman–Crippen LogP) is 6.33. The number of nitrogens with one attached hydrogen (secondary N) is 1. The number of ether oxygens (including phenoxy) is 1. The van der Waals surface area contributed by atoms with Gasteiger partial charge in [-0.2, -0.15) is 4.98 Å². The van der Waals surface area contributed by atoms with E-state index in [2.05, 4.69) is 10.5 Å². The van der Waals surface area contributed by atoms with Gasteiger partial charge in [0.05, 0.1) is 23.6 Å². The lowest BCUT2D eigenvalue weighted by Gasteiger charge is -2.37. The maximum Gasteiger partial charge on any atom is 0.258 e. The van der Waals surface area contributed by atoms with Crippen LogP contribution < -0.4 is 15.0 Å². The number of allylic oxidation sites excluding steroid dienone is 1. The Kier molecular flexibility index (Phi) is 5.88. The van der Waals surface area contributed by atoms with Crippen LogP contribution in [0.4, 0.5) is 5.69 Å². The second-order valence-corrected chi connectivity index (χ2v) is 9.14.